The van der Waals surface area contributed by atoms with Gasteiger partial charge in [-0.15, -0.1) is 0 Å². The number of hydrogen-bond donors (Lipinski definition) is 13. The number of carbonyl (C=O) groups excluding carboxylic acids is 2. The first kappa shape index (κ1) is 40.9. The van der Waals surface area contributed by atoms with Crippen LogP contribution in [0, 0.1) is 0 Å². The van der Waals surface area contributed by atoms with Gasteiger partial charge >= 0.3 is 11.9 Å². The monoisotopic (exact) mass is 868 g/mol. The van der Waals surface area contributed by atoms with Crippen molar-refractivity contribution in [1.29, 1.82) is 0 Å². The fourth-order valence-electron chi connectivity index (χ4n) is 7.50. The molecule has 0 aliphatic carbocycles. The van der Waals surface area contributed by atoms with Gasteiger partial charge in [-0.1, -0.05) is 0 Å². The molecule has 0 fully saturated rings. The SMILES string of the molecule is O=C(O[C@@H]1Cc2cc(O)c(O)cc2O[C@@H]1c1cc(O)c(=O)c2c(O)c(O)cc([C@@H]3Oc4cc(O)cc(O)c4C[C@H]3OC(=O)c3cc(O)c(O)c(O)c3)c2c1)c1cc(O)c(O)c(O)c1. The number of carbonyl (C=O) groups is 2. The first-order valence-corrected chi connectivity index (χ1v) is 18.4. The highest BCUT2D eigenvalue weighted by Crippen LogP contribution is 2.49. The van der Waals surface area contributed by atoms with Crippen LogP contribution >= 0.6 is 0 Å². The predicted molar refractivity (Wildman–Crippen MR) is 210 cm³/mol. The lowest BCUT2D eigenvalue weighted by Crippen LogP contribution is -2.35. The third kappa shape index (κ3) is 7.19. The molecule has 0 aromatic heterocycles. The molecule has 8 rings (SSSR count). The number of hydrogen-bond acceptors (Lipinski definition) is 20. The third-order valence-corrected chi connectivity index (χ3v) is 10.5. The van der Waals surface area contributed by atoms with Crippen molar-refractivity contribution in [2.75, 3.05) is 0 Å². The molecule has 0 unspecified atom stereocenters. The smallest absolute Gasteiger partial charge is 0.338 e. The van der Waals surface area contributed by atoms with Gasteiger partial charge in [-0.25, -0.2) is 9.59 Å². The zero-order chi connectivity index (χ0) is 45.3. The van der Waals surface area contributed by atoms with E-state index in [1.165, 1.54) is 0 Å². The predicted octanol–water partition coefficient (Wildman–Crippen LogP) is 4.18. The maximum absolute atomic E-state index is 14.0. The summed E-state index contributed by atoms with van der Waals surface area (Å²) in [5.41, 5.74) is -2.49. The molecule has 0 bridgehead atoms. The summed E-state index contributed by atoms with van der Waals surface area (Å²) in [5, 5.41) is 134. The van der Waals surface area contributed by atoms with Crippen molar-refractivity contribution in [2.45, 2.75) is 37.3 Å². The van der Waals surface area contributed by atoms with E-state index >= 15 is 0 Å². The topological polar surface area (TPSA) is 351 Å². The van der Waals surface area contributed by atoms with Crippen molar-refractivity contribution in [3.8, 4) is 86.2 Å². The molecule has 0 radical (unpaired) electrons. The maximum Gasteiger partial charge on any atom is 0.338 e. The largest absolute Gasteiger partial charge is 0.508 e. The molecule has 6 aromatic rings. The fourth-order valence-corrected chi connectivity index (χ4v) is 7.50. The van der Waals surface area contributed by atoms with Gasteiger partial charge in [-0.2, -0.15) is 0 Å². The maximum atomic E-state index is 14.0. The molecule has 20 nitrogen and oxygen atoms in total. The van der Waals surface area contributed by atoms with E-state index < -0.39 is 139 Å². The van der Waals surface area contributed by atoms with Crippen LogP contribution < -0.4 is 14.9 Å². The number of aromatic hydroxyl groups is 13. The van der Waals surface area contributed by atoms with Gasteiger partial charge in [-0.05, 0) is 53.9 Å². The number of phenols is 12. The number of fused-ring (bicyclic) bond motifs is 3. The summed E-state index contributed by atoms with van der Waals surface area (Å²) in [4.78, 5) is 41.1. The van der Waals surface area contributed by atoms with Crippen LogP contribution in [0.4, 0.5) is 0 Å². The van der Waals surface area contributed by atoms with Crippen LogP contribution in [0.2, 0.25) is 0 Å². The molecular weight excluding hydrogens is 836 g/mol. The zero-order valence-electron chi connectivity index (χ0n) is 31.7. The van der Waals surface area contributed by atoms with E-state index in [-0.39, 0.29) is 45.6 Å². The van der Waals surface area contributed by atoms with E-state index in [2.05, 4.69) is 0 Å². The van der Waals surface area contributed by atoms with Gasteiger partial charge in [0.1, 0.15) is 35.2 Å². The Bertz CT molecular complexity index is 2950. The van der Waals surface area contributed by atoms with Gasteiger partial charge < -0.3 is 85.3 Å². The quantitative estimate of drug-likeness (QED) is 0.0824. The Morgan fingerprint density at radius 1 is 0.492 bits per heavy atom. The summed E-state index contributed by atoms with van der Waals surface area (Å²) in [7, 11) is 0. The van der Waals surface area contributed by atoms with Crippen molar-refractivity contribution in [2.24, 2.45) is 0 Å². The average Bonchev–Trinajstić information content (AvgIpc) is 3.35. The molecule has 20 heteroatoms. The van der Waals surface area contributed by atoms with Crippen LogP contribution in [0.1, 0.15) is 55.2 Å². The minimum atomic E-state index is -1.65. The molecule has 4 atom stereocenters. The van der Waals surface area contributed by atoms with Gasteiger partial charge in [0.05, 0.1) is 16.5 Å². The zero-order valence-corrected chi connectivity index (χ0v) is 31.7. The van der Waals surface area contributed by atoms with Crippen LogP contribution in [0.3, 0.4) is 0 Å². The van der Waals surface area contributed by atoms with Gasteiger partial charge in [0.25, 0.3) is 0 Å². The highest BCUT2D eigenvalue weighted by atomic mass is 16.6. The lowest BCUT2D eigenvalue weighted by Gasteiger charge is -2.35. The van der Waals surface area contributed by atoms with E-state index in [0.29, 0.717) is 0 Å². The minimum Gasteiger partial charge on any atom is -0.508 e. The van der Waals surface area contributed by atoms with E-state index in [0.717, 1.165) is 66.7 Å². The van der Waals surface area contributed by atoms with Crippen molar-refractivity contribution in [1.82, 2.24) is 0 Å². The van der Waals surface area contributed by atoms with Crippen molar-refractivity contribution < 1.29 is 94.9 Å². The number of esters is 2. The molecule has 0 saturated heterocycles. The van der Waals surface area contributed by atoms with Crippen LogP contribution in [0.25, 0.3) is 10.8 Å². The Kier molecular flexibility index (Phi) is 9.77. The first-order chi connectivity index (χ1) is 29.8. The molecule has 2 aliphatic rings. The Balaban J connectivity index is 1.31. The highest BCUT2D eigenvalue weighted by molar-refractivity contribution is 5.95. The van der Waals surface area contributed by atoms with E-state index in [1.54, 1.807) is 0 Å². The molecule has 324 valence electrons. The second kappa shape index (κ2) is 15.0. The van der Waals surface area contributed by atoms with Crippen molar-refractivity contribution in [3.63, 3.8) is 0 Å². The second-order valence-electron chi connectivity index (χ2n) is 14.6. The van der Waals surface area contributed by atoms with Crippen molar-refractivity contribution >= 4 is 22.7 Å². The Morgan fingerprint density at radius 2 is 1.02 bits per heavy atom. The molecule has 13 N–H and O–H groups in total. The van der Waals surface area contributed by atoms with E-state index in [4.69, 9.17) is 18.9 Å². The standard InChI is InChI=1S/C43H32O20/c44-18-9-22(45)21-12-34(63-43(59)17-6-27(50)37(55)28(51)7-17)41(61-32(21)10-18)20-11-30(53)39(57)35-19(20)1-15(3-29(52)38(35)56)40-33(8-14-2-23(46)24(47)13-31(14)60-40)62-42(58)16-4-25(48)36(54)26(49)5-16/h1-7,9-11,13,33-34,40-41,44-51,53-55,57H,8,12H2,(H,52,56)/t33-,34-,40-,41+/m1/s1. The number of rotatable bonds is 6. The molecule has 2 aliphatic heterocycles. The summed E-state index contributed by atoms with van der Waals surface area (Å²) in [5.74, 6) is -13.3. The number of benzene rings is 5. The minimum absolute atomic E-state index is 0.00226. The van der Waals surface area contributed by atoms with Gasteiger partial charge in [-0.3, -0.25) is 4.79 Å². The van der Waals surface area contributed by atoms with Gasteiger partial charge in [0.2, 0.25) is 5.43 Å². The first-order valence-electron chi connectivity index (χ1n) is 18.4. The fraction of sp³-hybridized carbons (Fsp3) is 0.140. The molecule has 0 saturated carbocycles. The summed E-state index contributed by atoms with van der Waals surface area (Å²) in [6.07, 6.45) is -6.97. The lowest BCUT2D eigenvalue weighted by molar-refractivity contribution is -0.0192. The summed E-state index contributed by atoms with van der Waals surface area (Å²) in [6, 6.07) is 10.3. The Hall–Kier alpha value is -8.81. The van der Waals surface area contributed by atoms with Crippen LogP contribution in [0.15, 0.2) is 71.5 Å². The number of ether oxygens (including phenoxy) is 4. The lowest BCUT2D eigenvalue weighted by atomic mass is 9.89. The Morgan fingerprint density at radius 3 is 1.60 bits per heavy atom. The number of phenolic OH excluding ortho intramolecular Hbond substituents is 12. The molecule has 6 aromatic carbocycles. The summed E-state index contributed by atoms with van der Waals surface area (Å²) < 4.78 is 23.9. The normalized spacial score (nSPS) is 17.7. The van der Waals surface area contributed by atoms with Crippen LogP contribution in [-0.2, 0) is 22.3 Å². The summed E-state index contributed by atoms with van der Waals surface area (Å²) >= 11 is 0. The van der Waals surface area contributed by atoms with Crippen LogP contribution in [-0.4, -0.2) is 90.5 Å². The molecule has 2 heterocycles. The van der Waals surface area contributed by atoms with Crippen LogP contribution in [0.5, 0.6) is 86.2 Å². The van der Waals surface area contributed by atoms with E-state index in [1.807, 2.05) is 0 Å². The molecule has 63 heavy (non-hydrogen) atoms. The second-order valence-corrected chi connectivity index (χ2v) is 14.6. The van der Waals surface area contributed by atoms with Gasteiger partial charge in [0, 0.05) is 53.3 Å². The average molecular weight is 869 g/mol. The van der Waals surface area contributed by atoms with Crippen molar-refractivity contribution in [3.05, 3.63) is 110 Å². The molecule has 0 spiro atoms. The molecular formula is C43H32O20. The Labute approximate surface area is 351 Å². The highest BCUT2D eigenvalue weighted by Gasteiger charge is 2.40. The van der Waals surface area contributed by atoms with E-state index in [9.17, 15) is 80.8 Å². The third-order valence-electron chi connectivity index (χ3n) is 10.5. The molecule has 0 amide bonds. The van der Waals surface area contributed by atoms with Gasteiger partial charge in [0.15, 0.2) is 75.5 Å². The summed E-state index contributed by atoms with van der Waals surface area (Å²) in [6.45, 7) is 0.